The van der Waals surface area contributed by atoms with Gasteiger partial charge in [0.2, 0.25) is 5.91 Å². The fourth-order valence-corrected chi connectivity index (χ4v) is 3.59. The second-order valence-corrected chi connectivity index (χ2v) is 6.63. The Hall–Kier alpha value is -1.10. The van der Waals surface area contributed by atoms with Crippen molar-refractivity contribution >= 4 is 11.9 Å². The second kappa shape index (κ2) is 7.25. The summed E-state index contributed by atoms with van der Waals surface area (Å²) in [5, 5.41) is 12.3. The Balaban J connectivity index is 1.83. The van der Waals surface area contributed by atoms with Crippen molar-refractivity contribution in [2.45, 2.75) is 76.4 Å². The van der Waals surface area contributed by atoms with E-state index in [4.69, 9.17) is 4.74 Å². The van der Waals surface area contributed by atoms with Gasteiger partial charge < -0.3 is 15.2 Å². The molecule has 0 spiro atoms. The van der Waals surface area contributed by atoms with Gasteiger partial charge in [0.1, 0.15) is 0 Å². The van der Waals surface area contributed by atoms with E-state index in [1.165, 1.54) is 6.42 Å². The molecule has 1 heterocycles. The molecule has 0 aromatic rings. The summed E-state index contributed by atoms with van der Waals surface area (Å²) in [6.45, 7) is 2.67. The number of carboxylic acids is 1. The summed E-state index contributed by atoms with van der Waals surface area (Å²) in [4.78, 5) is 23.6. The third-order valence-electron chi connectivity index (χ3n) is 4.90. The van der Waals surface area contributed by atoms with Gasteiger partial charge in [-0.05, 0) is 45.4 Å². The number of carboxylic acid groups (broad SMARTS) is 1. The minimum atomic E-state index is -0.798. The first-order valence-electron chi connectivity index (χ1n) is 8.17. The minimum Gasteiger partial charge on any atom is -0.481 e. The summed E-state index contributed by atoms with van der Waals surface area (Å²) < 4.78 is 5.63. The molecule has 0 bridgehead atoms. The molecule has 2 aliphatic rings. The summed E-state index contributed by atoms with van der Waals surface area (Å²) >= 11 is 0. The lowest BCUT2D eigenvalue weighted by Gasteiger charge is -2.40. The molecule has 2 fully saturated rings. The van der Waals surface area contributed by atoms with E-state index in [2.05, 4.69) is 5.32 Å². The molecule has 3 unspecified atom stereocenters. The summed E-state index contributed by atoms with van der Waals surface area (Å²) in [6.07, 6.45) is 7.97. The molecule has 3 atom stereocenters. The lowest BCUT2D eigenvalue weighted by molar-refractivity contribution is -0.146. The minimum absolute atomic E-state index is 0.0418. The fraction of sp³-hybridized carbons (Fsp3) is 0.875. The zero-order valence-electron chi connectivity index (χ0n) is 12.9. The van der Waals surface area contributed by atoms with Crippen LogP contribution in [0.15, 0.2) is 0 Å². The largest absolute Gasteiger partial charge is 0.481 e. The number of aliphatic carboxylic acids is 1. The SMILES string of the molecule is CC1(NC(=O)CCC2CCCCO2)CCCCC1C(=O)O. The Bertz CT molecular complexity index is 378. The van der Waals surface area contributed by atoms with Crippen molar-refractivity contribution in [3.05, 3.63) is 0 Å². The van der Waals surface area contributed by atoms with Crippen molar-refractivity contribution in [1.29, 1.82) is 0 Å². The van der Waals surface area contributed by atoms with Gasteiger partial charge in [-0.3, -0.25) is 9.59 Å². The molecule has 5 nitrogen and oxygen atoms in total. The molecule has 0 aromatic carbocycles. The smallest absolute Gasteiger partial charge is 0.308 e. The molecular formula is C16H27NO4. The van der Waals surface area contributed by atoms with Crippen molar-refractivity contribution in [3.8, 4) is 0 Å². The predicted molar refractivity (Wildman–Crippen MR) is 79.0 cm³/mol. The van der Waals surface area contributed by atoms with Crippen LogP contribution in [0.2, 0.25) is 0 Å². The lowest BCUT2D eigenvalue weighted by Crippen LogP contribution is -2.55. The monoisotopic (exact) mass is 297 g/mol. The number of hydrogen-bond acceptors (Lipinski definition) is 3. The second-order valence-electron chi connectivity index (χ2n) is 6.63. The van der Waals surface area contributed by atoms with Crippen LogP contribution in [-0.2, 0) is 14.3 Å². The number of nitrogens with one attached hydrogen (secondary N) is 1. The molecular weight excluding hydrogens is 270 g/mol. The van der Waals surface area contributed by atoms with Gasteiger partial charge in [-0.1, -0.05) is 12.8 Å². The molecule has 1 saturated carbocycles. The maximum Gasteiger partial charge on any atom is 0.308 e. The van der Waals surface area contributed by atoms with Crippen molar-refractivity contribution in [2.75, 3.05) is 6.61 Å². The number of carbonyl (C=O) groups is 2. The van der Waals surface area contributed by atoms with Crippen LogP contribution in [0.25, 0.3) is 0 Å². The van der Waals surface area contributed by atoms with Gasteiger partial charge in [0.05, 0.1) is 17.6 Å². The van der Waals surface area contributed by atoms with E-state index >= 15 is 0 Å². The van der Waals surface area contributed by atoms with Gasteiger partial charge in [-0.25, -0.2) is 0 Å². The third kappa shape index (κ3) is 4.43. The molecule has 5 heteroatoms. The Morgan fingerprint density at radius 2 is 2.00 bits per heavy atom. The van der Waals surface area contributed by atoms with Crippen molar-refractivity contribution in [2.24, 2.45) is 5.92 Å². The number of rotatable bonds is 5. The van der Waals surface area contributed by atoms with Gasteiger partial charge in [0.25, 0.3) is 0 Å². The van der Waals surface area contributed by atoms with Crippen LogP contribution in [0.5, 0.6) is 0 Å². The van der Waals surface area contributed by atoms with Crippen LogP contribution in [0.1, 0.15) is 64.7 Å². The van der Waals surface area contributed by atoms with Crippen molar-refractivity contribution < 1.29 is 19.4 Å². The molecule has 1 aliphatic carbocycles. The highest BCUT2D eigenvalue weighted by Gasteiger charge is 2.42. The van der Waals surface area contributed by atoms with E-state index in [9.17, 15) is 14.7 Å². The van der Waals surface area contributed by atoms with E-state index in [-0.39, 0.29) is 12.0 Å². The topological polar surface area (TPSA) is 75.6 Å². The fourth-order valence-electron chi connectivity index (χ4n) is 3.59. The average molecular weight is 297 g/mol. The van der Waals surface area contributed by atoms with E-state index in [0.29, 0.717) is 12.8 Å². The summed E-state index contributed by atoms with van der Waals surface area (Å²) in [5.74, 6) is -1.31. The quantitative estimate of drug-likeness (QED) is 0.817. The first-order chi connectivity index (χ1) is 10.0. The van der Waals surface area contributed by atoms with Crippen LogP contribution in [0.4, 0.5) is 0 Å². The van der Waals surface area contributed by atoms with E-state index in [1.807, 2.05) is 6.92 Å². The number of carbonyl (C=O) groups excluding carboxylic acids is 1. The molecule has 2 N–H and O–H groups in total. The highest BCUT2D eigenvalue weighted by molar-refractivity contribution is 5.79. The average Bonchev–Trinajstić information content (AvgIpc) is 2.46. The highest BCUT2D eigenvalue weighted by atomic mass is 16.5. The first kappa shape index (κ1) is 16.3. The zero-order chi connectivity index (χ0) is 15.3. The summed E-state index contributed by atoms with van der Waals surface area (Å²) in [5.41, 5.74) is -0.603. The molecule has 2 rings (SSSR count). The number of amides is 1. The van der Waals surface area contributed by atoms with E-state index in [0.717, 1.165) is 45.1 Å². The normalized spacial score (nSPS) is 33.4. The molecule has 120 valence electrons. The molecule has 0 radical (unpaired) electrons. The van der Waals surface area contributed by atoms with Gasteiger partial charge >= 0.3 is 5.97 Å². The zero-order valence-corrected chi connectivity index (χ0v) is 12.9. The van der Waals surface area contributed by atoms with E-state index in [1.54, 1.807) is 0 Å². The molecule has 0 aromatic heterocycles. The van der Waals surface area contributed by atoms with Crippen LogP contribution in [0, 0.1) is 5.92 Å². The van der Waals surface area contributed by atoms with E-state index < -0.39 is 17.4 Å². The molecule has 1 saturated heterocycles. The third-order valence-corrected chi connectivity index (χ3v) is 4.90. The maximum absolute atomic E-state index is 12.2. The summed E-state index contributed by atoms with van der Waals surface area (Å²) in [6, 6.07) is 0. The van der Waals surface area contributed by atoms with Crippen LogP contribution < -0.4 is 5.32 Å². The van der Waals surface area contributed by atoms with Crippen molar-refractivity contribution in [3.63, 3.8) is 0 Å². The summed E-state index contributed by atoms with van der Waals surface area (Å²) in [7, 11) is 0. The number of ether oxygens (including phenoxy) is 1. The highest BCUT2D eigenvalue weighted by Crippen LogP contribution is 2.34. The van der Waals surface area contributed by atoms with Crippen LogP contribution >= 0.6 is 0 Å². The van der Waals surface area contributed by atoms with Crippen LogP contribution in [-0.4, -0.2) is 35.2 Å². The number of hydrogen-bond donors (Lipinski definition) is 2. The lowest BCUT2D eigenvalue weighted by atomic mass is 9.74. The Labute approximate surface area is 126 Å². The molecule has 1 aliphatic heterocycles. The standard InChI is InChI=1S/C16H27NO4/c1-16(10-4-2-7-13(16)15(19)20)17-14(18)9-8-12-6-3-5-11-21-12/h12-13H,2-11H2,1H3,(H,17,18)(H,19,20). The Morgan fingerprint density at radius 3 is 2.67 bits per heavy atom. The Kier molecular flexibility index (Phi) is 5.62. The Morgan fingerprint density at radius 1 is 1.24 bits per heavy atom. The maximum atomic E-state index is 12.2. The van der Waals surface area contributed by atoms with Gasteiger partial charge in [-0.15, -0.1) is 0 Å². The van der Waals surface area contributed by atoms with Gasteiger partial charge in [-0.2, -0.15) is 0 Å². The first-order valence-corrected chi connectivity index (χ1v) is 8.17. The van der Waals surface area contributed by atoms with Gasteiger partial charge in [0.15, 0.2) is 0 Å². The van der Waals surface area contributed by atoms with Gasteiger partial charge in [0, 0.05) is 13.0 Å². The molecule has 1 amide bonds. The van der Waals surface area contributed by atoms with Crippen LogP contribution in [0.3, 0.4) is 0 Å². The molecule has 21 heavy (non-hydrogen) atoms. The van der Waals surface area contributed by atoms with Crippen molar-refractivity contribution in [1.82, 2.24) is 5.32 Å². The predicted octanol–water partition coefficient (Wildman–Crippen LogP) is 2.49.